The first-order valence-corrected chi connectivity index (χ1v) is 12.8. The molecule has 0 unspecified atom stereocenters. The smallest absolute Gasteiger partial charge is 0.213 e. The SMILES string of the molecule is [CH2]CC(C)(C)NCCCOc1cc2ncnc(Nc3ccc(OCc4cccc(Cl)c4)nc3)c2cc1OC. The number of hydrogen-bond donors (Lipinski definition) is 2. The molecule has 4 aromatic rings. The van der Waals surface area contributed by atoms with Crippen molar-refractivity contribution >= 4 is 34.0 Å². The van der Waals surface area contributed by atoms with Crippen molar-refractivity contribution < 1.29 is 14.2 Å². The van der Waals surface area contributed by atoms with Gasteiger partial charge in [-0.05, 0) is 63.1 Å². The van der Waals surface area contributed by atoms with Gasteiger partial charge in [0.15, 0.2) is 11.5 Å². The minimum absolute atomic E-state index is 0.0147. The minimum atomic E-state index is 0.0147. The number of fused-ring (bicyclic) bond motifs is 1. The van der Waals surface area contributed by atoms with Gasteiger partial charge < -0.3 is 24.8 Å². The summed E-state index contributed by atoms with van der Waals surface area (Å²) in [4.78, 5) is 13.3. The van der Waals surface area contributed by atoms with Crippen molar-refractivity contribution in [2.75, 3.05) is 25.6 Å². The van der Waals surface area contributed by atoms with Crippen LogP contribution in [0.5, 0.6) is 17.4 Å². The Morgan fingerprint density at radius 2 is 1.87 bits per heavy atom. The molecule has 4 rings (SSSR count). The number of rotatable bonds is 13. The van der Waals surface area contributed by atoms with Gasteiger partial charge in [0.1, 0.15) is 18.8 Å². The molecular weight excluding hydrogens is 502 g/mol. The van der Waals surface area contributed by atoms with Crippen molar-refractivity contribution in [3.8, 4) is 17.4 Å². The number of anilines is 2. The number of nitrogens with one attached hydrogen (secondary N) is 2. The van der Waals surface area contributed by atoms with Crippen LogP contribution in [0.25, 0.3) is 10.9 Å². The lowest BCUT2D eigenvalue weighted by Gasteiger charge is -2.24. The number of halogens is 1. The summed E-state index contributed by atoms with van der Waals surface area (Å²) in [6, 6.07) is 15.0. The Morgan fingerprint density at radius 3 is 2.61 bits per heavy atom. The van der Waals surface area contributed by atoms with Crippen LogP contribution in [0.15, 0.2) is 61.1 Å². The summed E-state index contributed by atoms with van der Waals surface area (Å²) < 4.78 is 17.4. The highest BCUT2D eigenvalue weighted by Crippen LogP contribution is 2.35. The van der Waals surface area contributed by atoms with Gasteiger partial charge in [-0.1, -0.05) is 30.7 Å². The van der Waals surface area contributed by atoms with Crippen molar-refractivity contribution in [2.24, 2.45) is 0 Å². The van der Waals surface area contributed by atoms with Gasteiger partial charge in [-0.3, -0.25) is 0 Å². The third kappa shape index (κ3) is 7.46. The lowest BCUT2D eigenvalue weighted by molar-refractivity contribution is 0.279. The molecule has 0 atom stereocenters. The van der Waals surface area contributed by atoms with E-state index in [9.17, 15) is 0 Å². The first kappa shape index (κ1) is 27.4. The Bertz CT molecular complexity index is 1350. The van der Waals surface area contributed by atoms with E-state index in [4.69, 9.17) is 25.8 Å². The van der Waals surface area contributed by atoms with E-state index in [1.54, 1.807) is 19.4 Å². The molecule has 0 fully saturated rings. The Hall–Kier alpha value is -3.62. The molecule has 38 heavy (non-hydrogen) atoms. The van der Waals surface area contributed by atoms with Gasteiger partial charge in [-0.15, -0.1) is 0 Å². The fourth-order valence-corrected chi connectivity index (χ4v) is 3.88. The van der Waals surface area contributed by atoms with E-state index in [1.165, 1.54) is 6.33 Å². The molecule has 0 saturated carbocycles. The number of nitrogens with zero attached hydrogens (tertiary/aromatic N) is 3. The van der Waals surface area contributed by atoms with Crippen LogP contribution < -0.4 is 24.8 Å². The summed E-state index contributed by atoms with van der Waals surface area (Å²) in [6.45, 7) is 10.0. The highest BCUT2D eigenvalue weighted by molar-refractivity contribution is 6.30. The summed E-state index contributed by atoms with van der Waals surface area (Å²) in [5.74, 6) is 2.40. The molecule has 0 aliphatic heterocycles. The number of benzene rings is 2. The van der Waals surface area contributed by atoms with Gasteiger partial charge in [-0.2, -0.15) is 0 Å². The second kappa shape index (κ2) is 12.8. The van der Waals surface area contributed by atoms with Gasteiger partial charge in [0.25, 0.3) is 0 Å². The Kier molecular flexibility index (Phi) is 9.20. The quantitative estimate of drug-likeness (QED) is 0.191. The maximum absolute atomic E-state index is 6.04. The van der Waals surface area contributed by atoms with Crippen molar-refractivity contribution in [1.82, 2.24) is 20.3 Å². The zero-order valence-corrected chi connectivity index (χ0v) is 22.7. The van der Waals surface area contributed by atoms with E-state index in [0.29, 0.717) is 41.4 Å². The second-order valence-corrected chi connectivity index (χ2v) is 9.87. The zero-order chi connectivity index (χ0) is 27.0. The normalized spacial score (nSPS) is 11.4. The number of ether oxygens (including phenoxy) is 3. The molecule has 0 aliphatic rings. The highest BCUT2D eigenvalue weighted by Gasteiger charge is 2.14. The van der Waals surface area contributed by atoms with Gasteiger partial charge in [0.2, 0.25) is 5.88 Å². The summed E-state index contributed by atoms with van der Waals surface area (Å²) in [5.41, 5.74) is 2.49. The van der Waals surface area contributed by atoms with Crippen LogP contribution in [0.4, 0.5) is 11.5 Å². The topological polar surface area (TPSA) is 90.4 Å². The van der Waals surface area contributed by atoms with Gasteiger partial charge >= 0.3 is 0 Å². The van der Waals surface area contributed by atoms with E-state index >= 15 is 0 Å². The van der Waals surface area contributed by atoms with Crippen LogP contribution >= 0.6 is 11.6 Å². The molecule has 199 valence electrons. The predicted molar refractivity (Wildman–Crippen MR) is 152 cm³/mol. The van der Waals surface area contributed by atoms with E-state index in [-0.39, 0.29) is 5.54 Å². The van der Waals surface area contributed by atoms with E-state index < -0.39 is 0 Å². The monoisotopic (exact) mass is 534 g/mol. The van der Waals surface area contributed by atoms with Crippen LogP contribution in [0.3, 0.4) is 0 Å². The maximum Gasteiger partial charge on any atom is 0.213 e. The molecule has 2 heterocycles. The molecule has 2 aromatic heterocycles. The van der Waals surface area contributed by atoms with Crippen LogP contribution in [0.2, 0.25) is 5.02 Å². The predicted octanol–water partition coefficient (Wildman–Crippen LogP) is 6.37. The molecule has 8 nitrogen and oxygen atoms in total. The maximum atomic E-state index is 6.04. The summed E-state index contributed by atoms with van der Waals surface area (Å²) in [5, 5.41) is 8.27. The summed E-state index contributed by atoms with van der Waals surface area (Å²) in [6.07, 6.45) is 4.88. The Balaban J connectivity index is 1.40. The van der Waals surface area contributed by atoms with Crippen molar-refractivity contribution in [3.63, 3.8) is 0 Å². The molecule has 0 saturated heterocycles. The van der Waals surface area contributed by atoms with Crippen molar-refractivity contribution in [2.45, 2.75) is 38.8 Å². The third-order valence-electron chi connectivity index (χ3n) is 6.00. The lowest BCUT2D eigenvalue weighted by atomic mass is 10.0. The first-order chi connectivity index (χ1) is 18.4. The molecule has 0 amide bonds. The summed E-state index contributed by atoms with van der Waals surface area (Å²) >= 11 is 6.04. The first-order valence-electron chi connectivity index (χ1n) is 12.5. The van der Waals surface area contributed by atoms with Gasteiger partial charge in [-0.25, -0.2) is 15.0 Å². The fourth-order valence-electron chi connectivity index (χ4n) is 3.67. The Morgan fingerprint density at radius 1 is 1.00 bits per heavy atom. The number of hydrogen-bond acceptors (Lipinski definition) is 8. The summed E-state index contributed by atoms with van der Waals surface area (Å²) in [7, 11) is 1.62. The molecule has 1 radical (unpaired) electrons. The molecule has 0 aliphatic carbocycles. The average Bonchev–Trinajstić information content (AvgIpc) is 2.92. The van der Waals surface area contributed by atoms with Crippen molar-refractivity contribution in [3.05, 3.63) is 78.6 Å². The average molecular weight is 535 g/mol. The van der Waals surface area contributed by atoms with Crippen LogP contribution in [0, 0.1) is 6.92 Å². The third-order valence-corrected chi connectivity index (χ3v) is 6.24. The number of aromatic nitrogens is 3. The molecule has 0 bridgehead atoms. The fraction of sp³-hybridized carbons (Fsp3) is 0.310. The standard InChI is InChI=1S/C29H33ClN5O3/c1-5-29(2,3)34-12-7-13-37-26-16-24-23(15-25(26)36-4)28(33-19-32-24)35-22-10-11-27(31-17-22)38-18-20-8-6-9-21(30)14-20/h6,8-11,14-17,19,34H,1,5,7,12-13,18H2,2-4H3,(H,32,33,35). The molecule has 9 heteroatoms. The zero-order valence-electron chi connectivity index (χ0n) is 22.0. The largest absolute Gasteiger partial charge is 0.493 e. The molecule has 0 spiro atoms. The number of pyridine rings is 1. The van der Waals surface area contributed by atoms with E-state index in [2.05, 4.69) is 46.4 Å². The van der Waals surface area contributed by atoms with E-state index in [0.717, 1.165) is 41.5 Å². The Labute approximate surface area is 228 Å². The molecule has 2 aromatic carbocycles. The molecule has 2 N–H and O–H groups in total. The molecular formula is C29H33ClN5O3. The van der Waals surface area contributed by atoms with Gasteiger partial charge in [0, 0.05) is 28.1 Å². The minimum Gasteiger partial charge on any atom is -0.493 e. The number of methoxy groups -OCH3 is 1. The van der Waals surface area contributed by atoms with Gasteiger partial charge in [0.05, 0.1) is 31.1 Å². The van der Waals surface area contributed by atoms with Crippen molar-refractivity contribution in [1.29, 1.82) is 0 Å². The van der Waals surface area contributed by atoms with E-state index in [1.807, 2.05) is 42.5 Å². The van der Waals surface area contributed by atoms with Crippen LogP contribution in [-0.4, -0.2) is 40.8 Å². The van der Waals surface area contributed by atoms with Crippen LogP contribution in [0.1, 0.15) is 32.3 Å². The lowest BCUT2D eigenvalue weighted by Crippen LogP contribution is -2.39. The highest BCUT2D eigenvalue weighted by atomic mass is 35.5. The van der Waals surface area contributed by atoms with Crippen LogP contribution in [-0.2, 0) is 6.61 Å². The second-order valence-electron chi connectivity index (χ2n) is 9.43.